The van der Waals surface area contributed by atoms with Crippen molar-refractivity contribution in [2.45, 2.75) is 44.9 Å². The summed E-state index contributed by atoms with van der Waals surface area (Å²) in [6.07, 6.45) is 4.69. The number of carbonyl (C=O) groups is 3. The van der Waals surface area contributed by atoms with Crippen LogP contribution in [0.4, 0.5) is 4.39 Å². The van der Waals surface area contributed by atoms with Crippen molar-refractivity contribution in [2.24, 2.45) is 0 Å². The molecule has 0 atom stereocenters. The van der Waals surface area contributed by atoms with Crippen LogP contribution in [0.3, 0.4) is 0 Å². The highest BCUT2D eigenvalue weighted by atomic mass is 19.1. The lowest BCUT2D eigenvalue weighted by Crippen LogP contribution is -2.30. The van der Waals surface area contributed by atoms with Gasteiger partial charge >= 0.3 is 5.97 Å². The summed E-state index contributed by atoms with van der Waals surface area (Å²) in [5.41, 5.74) is 3.66. The minimum Gasteiger partial charge on any atom is -0.456 e. The van der Waals surface area contributed by atoms with Crippen LogP contribution in [0.15, 0.2) is 42.5 Å². The van der Waals surface area contributed by atoms with E-state index < -0.39 is 18.5 Å². The Balaban J connectivity index is 1.34. The van der Waals surface area contributed by atoms with Gasteiger partial charge in [-0.1, -0.05) is 30.3 Å². The van der Waals surface area contributed by atoms with E-state index in [1.165, 1.54) is 23.6 Å². The minimum absolute atomic E-state index is 0.0481. The van der Waals surface area contributed by atoms with Gasteiger partial charge in [0.2, 0.25) is 0 Å². The van der Waals surface area contributed by atoms with Crippen LogP contribution in [0, 0.1) is 5.82 Å². The summed E-state index contributed by atoms with van der Waals surface area (Å²) in [4.78, 5) is 36.0. The molecule has 1 amide bonds. The van der Waals surface area contributed by atoms with Gasteiger partial charge < -0.3 is 10.1 Å². The molecule has 1 aliphatic carbocycles. The number of benzene rings is 2. The number of amides is 1. The fraction of sp³-hybridized carbons (Fsp3) is 0.375. The minimum atomic E-state index is -0.592. The van der Waals surface area contributed by atoms with E-state index in [1.807, 2.05) is 18.2 Å². The quantitative estimate of drug-likeness (QED) is 0.506. The maximum absolute atomic E-state index is 13.5. The second-order valence-electron chi connectivity index (χ2n) is 7.47. The molecule has 0 bridgehead atoms. The lowest BCUT2D eigenvalue weighted by atomic mass is 9.89. The summed E-state index contributed by atoms with van der Waals surface area (Å²) < 4.78 is 18.4. The third-order valence-electron chi connectivity index (χ3n) is 5.27. The largest absolute Gasteiger partial charge is 0.456 e. The molecule has 3 rings (SSSR count). The van der Waals surface area contributed by atoms with Gasteiger partial charge in [-0.05, 0) is 60.9 Å². The predicted molar refractivity (Wildman–Crippen MR) is 111 cm³/mol. The summed E-state index contributed by atoms with van der Waals surface area (Å²) in [5, 5.41) is 2.58. The number of carbonyl (C=O) groups excluding carboxylic acids is 3. The lowest BCUT2D eigenvalue weighted by molar-refractivity contribution is -0.148. The first-order valence-corrected chi connectivity index (χ1v) is 10.3. The van der Waals surface area contributed by atoms with Gasteiger partial charge in [-0.3, -0.25) is 14.4 Å². The number of nitrogens with one attached hydrogen (secondary N) is 1. The topological polar surface area (TPSA) is 72.5 Å². The Morgan fingerprint density at radius 3 is 2.53 bits per heavy atom. The van der Waals surface area contributed by atoms with Crippen LogP contribution in [0.25, 0.3) is 0 Å². The average Bonchev–Trinajstić information content (AvgIpc) is 2.77. The van der Waals surface area contributed by atoms with Crippen molar-refractivity contribution in [1.82, 2.24) is 5.32 Å². The first-order valence-electron chi connectivity index (χ1n) is 10.3. The van der Waals surface area contributed by atoms with Crippen molar-refractivity contribution in [2.75, 3.05) is 13.2 Å². The predicted octanol–water partition coefficient (Wildman–Crippen LogP) is 3.57. The molecule has 5 nitrogen and oxygen atoms in total. The zero-order chi connectivity index (χ0) is 21.3. The van der Waals surface area contributed by atoms with Crippen molar-refractivity contribution in [1.29, 1.82) is 0 Å². The molecule has 2 aromatic carbocycles. The molecule has 0 saturated carbocycles. The molecule has 30 heavy (non-hydrogen) atoms. The number of hydrogen-bond acceptors (Lipinski definition) is 4. The fourth-order valence-electron chi connectivity index (χ4n) is 3.57. The van der Waals surface area contributed by atoms with Crippen LogP contribution in [0.5, 0.6) is 0 Å². The highest BCUT2D eigenvalue weighted by Gasteiger charge is 2.15. The Morgan fingerprint density at radius 2 is 1.73 bits per heavy atom. The summed E-state index contributed by atoms with van der Waals surface area (Å²) >= 11 is 0. The van der Waals surface area contributed by atoms with Crippen LogP contribution >= 0.6 is 0 Å². The lowest BCUT2D eigenvalue weighted by Gasteiger charge is -2.16. The first-order chi connectivity index (χ1) is 14.5. The number of aryl methyl sites for hydroxylation is 2. The van der Waals surface area contributed by atoms with Gasteiger partial charge in [-0.15, -0.1) is 0 Å². The molecule has 0 unspecified atom stereocenters. The van der Waals surface area contributed by atoms with Crippen molar-refractivity contribution < 1.29 is 23.5 Å². The van der Waals surface area contributed by atoms with Gasteiger partial charge in [-0.2, -0.15) is 0 Å². The van der Waals surface area contributed by atoms with E-state index in [0.717, 1.165) is 19.3 Å². The molecule has 0 fully saturated rings. The number of halogens is 1. The van der Waals surface area contributed by atoms with Gasteiger partial charge in [0, 0.05) is 18.5 Å². The third-order valence-corrected chi connectivity index (χ3v) is 5.27. The summed E-state index contributed by atoms with van der Waals surface area (Å²) in [6, 6.07) is 12.1. The van der Waals surface area contributed by atoms with Gasteiger partial charge in [0.15, 0.2) is 12.4 Å². The van der Waals surface area contributed by atoms with Crippen LogP contribution in [0.2, 0.25) is 0 Å². The van der Waals surface area contributed by atoms with E-state index in [9.17, 15) is 18.8 Å². The summed E-state index contributed by atoms with van der Waals surface area (Å²) in [6.45, 7) is -0.169. The molecule has 158 valence electrons. The fourth-order valence-corrected chi connectivity index (χ4v) is 3.57. The zero-order valence-electron chi connectivity index (χ0n) is 16.9. The molecular weight excluding hydrogens is 385 g/mol. The Morgan fingerprint density at radius 1 is 0.967 bits per heavy atom. The van der Waals surface area contributed by atoms with E-state index in [2.05, 4.69) is 5.32 Å². The van der Waals surface area contributed by atoms with E-state index in [1.54, 1.807) is 18.2 Å². The normalized spacial score (nSPS) is 12.7. The molecule has 0 spiro atoms. The molecular formula is C24H26FNO4. The smallest absolute Gasteiger partial charge is 0.306 e. The maximum atomic E-state index is 13.5. The second-order valence-corrected chi connectivity index (χ2v) is 7.47. The molecule has 0 aromatic heterocycles. The van der Waals surface area contributed by atoms with Gasteiger partial charge in [0.25, 0.3) is 5.91 Å². The first kappa shape index (κ1) is 21.7. The number of hydrogen-bond donors (Lipinski definition) is 1. The molecule has 2 aromatic rings. The number of ether oxygens (including phenoxy) is 1. The monoisotopic (exact) mass is 411 g/mol. The molecule has 6 heteroatoms. The Bertz CT molecular complexity index is 925. The summed E-state index contributed by atoms with van der Waals surface area (Å²) in [5.74, 6) is -1.47. The summed E-state index contributed by atoms with van der Waals surface area (Å²) in [7, 11) is 0. The Hall–Kier alpha value is -3.02. The zero-order valence-corrected chi connectivity index (χ0v) is 16.9. The highest BCUT2D eigenvalue weighted by Crippen LogP contribution is 2.23. The molecule has 0 heterocycles. The van der Waals surface area contributed by atoms with Crippen LogP contribution in [0.1, 0.15) is 52.7 Å². The van der Waals surface area contributed by atoms with Crippen molar-refractivity contribution in [3.8, 4) is 0 Å². The van der Waals surface area contributed by atoms with E-state index in [-0.39, 0.29) is 31.0 Å². The van der Waals surface area contributed by atoms with Crippen LogP contribution < -0.4 is 5.32 Å². The molecule has 0 radical (unpaired) electrons. The number of ketones is 1. The van der Waals surface area contributed by atoms with E-state index >= 15 is 0 Å². The van der Waals surface area contributed by atoms with Crippen molar-refractivity contribution >= 4 is 17.7 Å². The molecule has 0 saturated heterocycles. The maximum Gasteiger partial charge on any atom is 0.306 e. The molecule has 1 N–H and O–H groups in total. The standard InChI is InChI=1S/C24H26FNO4/c25-21-8-4-3-6-18(21)13-14-26-23(28)16-30-24(29)12-11-22(27)20-10-9-17-5-1-2-7-19(17)15-20/h3-4,6,8-10,15H,1-2,5,7,11-14,16H2,(H,26,28). The van der Waals surface area contributed by atoms with E-state index in [0.29, 0.717) is 17.5 Å². The van der Waals surface area contributed by atoms with E-state index in [4.69, 9.17) is 4.74 Å². The Labute approximate surface area is 175 Å². The number of rotatable bonds is 9. The number of esters is 1. The second kappa shape index (κ2) is 10.7. The number of Topliss-reactive ketones (excluding diaryl/α,β-unsaturated/α-hetero) is 1. The van der Waals surface area contributed by atoms with Crippen LogP contribution in [-0.4, -0.2) is 30.8 Å². The SMILES string of the molecule is O=C(COC(=O)CCC(=O)c1ccc2c(c1)CCCC2)NCCc1ccccc1F. The van der Waals surface area contributed by atoms with Gasteiger partial charge in [0.1, 0.15) is 5.82 Å². The van der Waals surface area contributed by atoms with Crippen LogP contribution in [-0.2, 0) is 33.6 Å². The average molecular weight is 411 g/mol. The molecule has 0 aliphatic heterocycles. The number of fused-ring (bicyclic) bond motifs is 1. The van der Waals surface area contributed by atoms with Gasteiger partial charge in [0.05, 0.1) is 6.42 Å². The van der Waals surface area contributed by atoms with Crippen molar-refractivity contribution in [3.63, 3.8) is 0 Å². The highest BCUT2D eigenvalue weighted by molar-refractivity contribution is 5.97. The molecule has 1 aliphatic rings. The third kappa shape index (κ3) is 6.24. The van der Waals surface area contributed by atoms with Gasteiger partial charge in [-0.25, -0.2) is 4.39 Å². The Kier molecular flexibility index (Phi) is 7.71. The van der Waals surface area contributed by atoms with Crippen molar-refractivity contribution in [3.05, 3.63) is 70.5 Å².